The van der Waals surface area contributed by atoms with Crippen LogP contribution in [-0.4, -0.2) is 24.0 Å². The first-order chi connectivity index (χ1) is 11.6. The van der Waals surface area contributed by atoms with Crippen molar-refractivity contribution in [3.05, 3.63) is 59.2 Å². The second kappa shape index (κ2) is 6.74. The van der Waals surface area contributed by atoms with E-state index in [4.69, 9.17) is 4.74 Å². The fourth-order valence-corrected chi connectivity index (χ4v) is 3.06. The summed E-state index contributed by atoms with van der Waals surface area (Å²) in [5.41, 5.74) is 2.79. The zero-order chi connectivity index (χ0) is 17.1. The van der Waals surface area contributed by atoms with E-state index in [1.165, 1.54) is 0 Å². The number of carbonyl (C=O) groups is 2. The fourth-order valence-electron chi connectivity index (χ4n) is 3.06. The standard InChI is InChI=1S/C19H19NO4/c1-24-14-10-8-13(9-11-14)18(19(22)23)20-15-6-2-4-12-5-3-7-16(21)17(12)15/h2,4,6,8-11,18,20H,3,5,7H2,1H3,(H,22,23). The van der Waals surface area contributed by atoms with Gasteiger partial charge in [0.25, 0.3) is 0 Å². The zero-order valence-electron chi connectivity index (χ0n) is 13.4. The largest absolute Gasteiger partial charge is 0.497 e. The van der Waals surface area contributed by atoms with Crippen LogP contribution in [0.4, 0.5) is 5.69 Å². The number of carbonyl (C=O) groups excluding carboxylic acids is 1. The summed E-state index contributed by atoms with van der Waals surface area (Å²) in [6.07, 6.45) is 2.19. The molecule has 124 valence electrons. The van der Waals surface area contributed by atoms with Crippen molar-refractivity contribution in [1.82, 2.24) is 0 Å². The normalized spacial score (nSPS) is 14.6. The van der Waals surface area contributed by atoms with Crippen molar-refractivity contribution in [3.63, 3.8) is 0 Å². The molecule has 0 fully saturated rings. The summed E-state index contributed by atoms with van der Waals surface area (Å²) >= 11 is 0. The maximum Gasteiger partial charge on any atom is 0.330 e. The summed E-state index contributed by atoms with van der Waals surface area (Å²) in [5.74, 6) is -0.269. The van der Waals surface area contributed by atoms with Gasteiger partial charge in [-0.15, -0.1) is 0 Å². The van der Waals surface area contributed by atoms with Crippen molar-refractivity contribution in [2.45, 2.75) is 25.3 Å². The lowest BCUT2D eigenvalue weighted by Crippen LogP contribution is -2.23. The van der Waals surface area contributed by atoms with Crippen LogP contribution in [-0.2, 0) is 11.2 Å². The van der Waals surface area contributed by atoms with Crippen molar-refractivity contribution in [3.8, 4) is 5.75 Å². The summed E-state index contributed by atoms with van der Waals surface area (Å²) in [7, 11) is 1.56. The number of ether oxygens (including phenoxy) is 1. The quantitative estimate of drug-likeness (QED) is 0.880. The van der Waals surface area contributed by atoms with Crippen LogP contribution in [0.3, 0.4) is 0 Å². The number of carboxylic acid groups (broad SMARTS) is 1. The Morgan fingerprint density at radius 3 is 2.58 bits per heavy atom. The van der Waals surface area contributed by atoms with E-state index in [1.54, 1.807) is 37.4 Å². The molecule has 0 amide bonds. The minimum absolute atomic E-state index is 0.0678. The highest BCUT2D eigenvalue weighted by molar-refractivity contribution is 6.04. The van der Waals surface area contributed by atoms with E-state index in [9.17, 15) is 14.7 Å². The molecule has 3 rings (SSSR count). The monoisotopic (exact) mass is 325 g/mol. The molecule has 2 aromatic carbocycles. The lowest BCUT2D eigenvalue weighted by atomic mass is 9.89. The number of nitrogens with one attached hydrogen (secondary N) is 1. The predicted octanol–water partition coefficient (Wildman–Crippen LogP) is 3.45. The Kier molecular flexibility index (Phi) is 4.51. The summed E-state index contributed by atoms with van der Waals surface area (Å²) in [6, 6.07) is 11.5. The predicted molar refractivity (Wildman–Crippen MR) is 90.7 cm³/mol. The molecule has 0 bridgehead atoms. The molecule has 0 aromatic heterocycles. The molecular formula is C19H19NO4. The molecule has 1 aliphatic carbocycles. The number of hydrogen-bond acceptors (Lipinski definition) is 4. The number of anilines is 1. The van der Waals surface area contributed by atoms with E-state index in [2.05, 4.69) is 5.32 Å². The van der Waals surface area contributed by atoms with E-state index in [0.29, 0.717) is 29.0 Å². The lowest BCUT2D eigenvalue weighted by molar-refractivity contribution is -0.138. The second-order valence-electron chi connectivity index (χ2n) is 5.81. The zero-order valence-corrected chi connectivity index (χ0v) is 13.4. The highest BCUT2D eigenvalue weighted by atomic mass is 16.5. The molecule has 2 aromatic rings. The topological polar surface area (TPSA) is 75.6 Å². The molecule has 0 heterocycles. The third kappa shape index (κ3) is 3.11. The van der Waals surface area contributed by atoms with Crippen molar-refractivity contribution < 1.29 is 19.4 Å². The first kappa shape index (κ1) is 16.1. The molecule has 0 aliphatic heterocycles. The van der Waals surface area contributed by atoms with Gasteiger partial charge in [0.2, 0.25) is 0 Å². The average Bonchev–Trinajstić information content (AvgIpc) is 2.60. The van der Waals surface area contributed by atoms with Gasteiger partial charge in [0.1, 0.15) is 5.75 Å². The van der Waals surface area contributed by atoms with Crippen LogP contribution in [0.15, 0.2) is 42.5 Å². The van der Waals surface area contributed by atoms with Crippen molar-refractivity contribution in [2.75, 3.05) is 12.4 Å². The van der Waals surface area contributed by atoms with Crippen LogP contribution in [0.1, 0.15) is 40.4 Å². The minimum atomic E-state index is -0.999. The fraction of sp³-hybridized carbons (Fsp3) is 0.263. The SMILES string of the molecule is COc1ccc(C(Nc2cccc3c2C(=O)CCC3)C(=O)O)cc1. The molecule has 1 atom stereocenters. The molecule has 1 unspecified atom stereocenters. The number of Topliss-reactive ketones (excluding diaryl/α,β-unsaturated/α-hetero) is 1. The van der Waals surface area contributed by atoms with E-state index in [0.717, 1.165) is 18.4 Å². The van der Waals surface area contributed by atoms with Crippen molar-refractivity contribution in [2.24, 2.45) is 0 Å². The number of rotatable bonds is 5. The van der Waals surface area contributed by atoms with Crippen molar-refractivity contribution in [1.29, 1.82) is 0 Å². The molecular weight excluding hydrogens is 306 g/mol. The first-order valence-electron chi connectivity index (χ1n) is 7.88. The Hall–Kier alpha value is -2.82. The van der Waals surface area contributed by atoms with Crippen molar-refractivity contribution >= 4 is 17.4 Å². The van der Waals surface area contributed by atoms with Gasteiger partial charge in [-0.1, -0.05) is 24.3 Å². The van der Waals surface area contributed by atoms with Gasteiger partial charge in [-0.3, -0.25) is 4.79 Å². The molecule has 5 nitrogen and oxygen atoms in total. The Morgan fingerprint density at radius 2 is 1.92 bits per heavy atom. The number of carboxylic acids is 1. The molecule has 5 heteroatoms. The van der Waals surface area contributed by atoms with Gasteiger partial charge in [-0.2, -0.15) is 0 Å². The molecule has 0 radical (unpaired) electrons. The highest BCUT2D eigenvalue weighted by Crippen LogP contribution is 2.31. The number of benzene rings is 2. The Bertz CT molecular complexity index is 767. The summed E-state index contributed by atoms with van der Waals surface area (Å²) in [6.45, 7) is 0. The van der Waals surface area contributed by atoms with Gasteiger partial charge in [0.05, 0.1) is 7.11 Å². The Balaban J connectivity index is 1.94. The van der Waals surface area contributed by atoms with Gasteiger partial charge in [-0.25, -0.2) is 4.79 Å². The van der Waals surface area contributed by atoms with Crippen LogP contribution in [0.5, 0.6) is 5.75 Å². The average molecular weight is 325 g/mol. The lowest BCUT2D eigenvalue weighted by Gasteiger charge is -2.22. The summed E-state index contributed by atoms with van der Waals surface area (Å²) in [5, 5.41) is 12.6. The molecule has 0 saturated carbocycles. The highest BCUT2D eigenvalue weighted by Gasteiger charge is 2.25. The van der Waals surface area contributed by atoms with Crippen LogP contribution < -0.4 is 10.1 Å². The Morgan fingerprint density at radius 1 is 1.17 bits per heavy atom. The van der Waals surface area contributed by atoms with E-state index in [-0.39, 0.29) is 5.78 Å². The number of aryl methyl sites for hydroxylation is 1. The minimum Gasteiger partial charge on any atom is -0.497 e. The number of fused-ring (bicyclic) bond motifs is 1. The van der Waals surface area contributed by atoms with Gasteiger partial charge in [-0.05, 0) is 42.2 Å². The summed E-state index contributed by atoms with van der Waals surface area (Å²) in [4.78, 5) is 24.0. The van der Waals surface area contributed by atoms with E-state index in [1.807, 2.05) is 12.1 Å². The van der Waals surface area contributed by atoms with Gasteiger partial charge in [0.15, 0.2) is 11.8 Å². The number of methoxy groups -OCH3 is 1. The maximum absolute atomic E-state index is 12.3. The second-order valence-corrected chi connectivity index (χ2v) is 5.81. The molecule has 0 saturated heterocycles. The Labute approximate surface area is 140 Å². The molecule has 2 N–H and O–H groups in total. The molecule has 1 aliphatic rings. The van der Waals surface area contributed by atoms with E-state index >= 15 is 0 Å². The molecule has 24 heavy (non-hydrogen) atoms. The third-order valence-electron chi connectivity index (χ3n) is 4.28. The van der Waals surface area contributed by atoms with Crippen LogP contribution in [0.2, 0.25) is 0 Å². The molecule has 0 spiro atoms. The van der Waals surface area contributed by atoms with Gasteiger partial charge >= 0.3 is 5.97 Å². The third-order valence-corrected chi connectivity index (χ3v) is 4.28. The number of ketones is 1. The van der Waals surface area contributed by atoms with E-state index < -0.39 is 12.0 Å². The van der Waals surface area contributed by atoms with Gasteiger partial charge in [0, 0.05) is 17.7 Å². The maximum atomic E-state index is 12.3. The number of hydrogen-bond donors (Lipinski definition) is 2. The van der Waals surface area contributed by atoms with Crippen LogP contribution in [0, 0.1) is 0 Å². The summed E-state index contributed by atoms with van der Waals surface area (Å²) < 4.78 is 5.10. The van der Waals surface area contributed by atoms with Crippen LogP contribution in [0.25, 0.3) is 0 Å². The first-order valence-corrected chi connectivity index (χ1v) is 7.88. The van der Waals surface area contributed by atoms with Gasteiger partial charge < -0.3 is 15.2 Å². The number of aliphatic carboxylic acids is 1. The smallest absolute Gasteiger partial charge is 0.330 e. The van der Waals surface area contributed by atoms with Crippen LogP contribution >= 0.6 is 0 Å².